The van der Waals surface area contributed by atoms with Crippen molar-refractivity contribution in [2.45, 2.75) is 45.1 Å². The normalized spacial score (nSPS) is 11.6. The van der Waals surface area contributed by atoms with Crippen LogP contribution < -0.4 is 15.2 Å². The molecular weight excluding hydrogens is 374 g/mol. The summed E-state index contributed by atoms with van der Waals surface area (Å²) < 4.78 is 30.7. The molecule has 7 heteroatoms. The molecule has 0 fully saturated rings. The molecule has 0 saturated heterocycles. The van der Waals surface area contributed by atoms with Gasteiger partial charge in [0.25, 0.3) is 0 Å². The molecule has 2 aromatic rings. The van der Waals surface area contributed by atoms with Crippen molar-refractivity contribution < 1.29 is 13.2 Å². The van der Waals surface area contributed by atoms with Gasteiger partial charge in [-0.2, -0.15) is 0 Å². The average molecular weight is 406 g/mol. The van der Waals surface area contributed by atoms with Crippen LogP contribution in [0.4, 0.5) is 5.69 Å². The molecule has 0 amide bonds. The van der Waals surface area contributed by atoms with Gasteiger partial charge in [0.1, 0.15) is 10.6 Å². The number of nitrogens with zero attached hydrogens (tertiary/aromatic N) is 1. The second-order valence-corrected chi connectivity index (χ2v) is 8.20. The van der Waals surface area contributed by atoms with E-state index in [1.54, 1.807) is 18.2 Å². The minimum Gasteiger partial charge on any atom is -0.454 e. The van der Waals surface area contributed by atoms with Crippen molar-refractivity contribution in [3.8, 4) is 11.5 Å². The third kappa shape index (κ3) is 6.22. The summed E-state index contributed by atoms with van der Waals surface area (Å²) in [6, 6.07) is 12.7. The maximum atomic E-state index is 12.4. The summed E-state index contributed by atoms with van der Waals surface area (Å²) >= 11 is 0. The van der Waals surface area contributed by atoms with E-state index >= 15 is 0 Å². The van der Waals surface area contributed by atoms with Crippen LogP contribution in [0.5, 0.6) is 11.5 Å². The van der Waals surface area contributed by atoms with E-state index in [-0.39, 0.29) is 10.6 Å². The molecule has 0 spiro atoms. The van der Waals surface area contributed by atoms with Crippen LogP contribution in [0.2, 0.25) is 0 Å². The maximum Gasteiger partial charge on any atom is 0.241 e. The summed E-state index contributed by atoms with van der Waals surface area (Å²) in [5.41, 5.74) is 1.53. The molecule has 0 aliphatic carbocycles. The maximum absolute atomic E-state index is 12.4. The zero-order valence-electron chi connectivity index (χ0n) is 16.9. The monoisotopic (exact) mass is 405 g/mol. The van der Waals surface area contributed by atoms with E-state index in [2.05, 4.69) is 31.0 Å². The predicted octanol–water partition coefficient (Wildman–Crippen LogP) is 4.18. The number of hydrogen-bond donors (Lipinski definition) is 2. The van der Waals surface area contributed by atoms with Crippen LogP contribution in [0.25, 0.3) is 0 Å². The fourth-order valence-electron chi connectivity index (χ4n) is 2.91. The van der Waals surface area contributed by atoms with E-state index in [4.69, 9.17) is 9.88 Å². The lowest BCUT2D eigenvalue weighted by molar-refractivity contribution is 0.295. The summed E-state index contributed by atoms with van der Waals surface area (Å²) in [5, 5.41) is 8.88. The Kier molecular flexibility index (Phi) is 8.29. The first-order valence-corrected chi connectivity index (χ1v) is 11.3. The molecule has 3 N–H and O–H groups in total. The number of para-hydroxylation sites is 1. The zero-order chi connectivity index (χ0) is 20.6. The first-order valence-electron chi connectivity index (χ1n) is 9.77. The number of nitrogens with one attached hydrogen (secondary N) is 1. The van der Waals surface area contributed by atoms with Gasteiger partial charge in [-0.15, -0.1) is 0 Å². The summed E-state index contributed by atoms with van der Waals surface area (Å²) in [4.78, 5) is 2.22. The molecular formula is C21H31N3O3S. The minimum absolute atomic E-state index is 0.00000709. The number of unbranched alkanes of at least 4 members (excludes halogenated alkanes) is 1. The molecule has 2 aromatic carbocycles. The second-order valence-electron chi connectivity index (χ2n) is 6.67. The molecule has 0 heterocycles. The first-order chi connectivity index (χ1) is 13.4. The molecule has 0 aliphatic rings. The van der Waals surface area contributed by atoms with Crippen molar-refractivity contribution >= 4 is 15.7 Å². The molecule has 2 rings (SSSR count). The molecule has 0 aromatic heterocycles. The van der Waals surface area contributed by atoms with Crippen molar-refractivity contribution in [2.75, 3.05) is 25.0 Å². The molecule has 28 heavy (non-hydrogen) atoms. The standard InChI is InChI=1S/C21H31N3O3S/c1-4-7-13-23-19-14-17(16-24(5-2)6-3)15-20(28(22,25)26)21(19)27-18-11-9-8-10-12-18/h8-12,14-15,23H,4-7,13,16H2,1-3H3,(H2,22,25,26). The van der Waals surface area contributed by atoms with Gasteiger partial charge in [-0.1, -0.05) is 45.4 Å². The lowest BCUT2D eigenvalue weighted by Crippen LogP contribution is -2.23. The number of ether oxygens (including phenoxy) is 1. The Morgan fingerprint density at radius 2 is 1.75 bits per heavy atom. The van der Waals surface area contributed by atoms with E-state index in [1.807, 2.05) is 24.3 Å². The first kappa shape index (κ1) is 22.2. The smallest absolute Gasteiger partial charge is 0.241 e. The highest BCUT2D eigenvalue weighted by Gasteiger charge is 2.22. The topological polar surface area (TPSA) is 84.7 Å². The van der Waals surface area contributed by atoms with Gasteiger partial charge in [-0.05, 0) is 49.3 Å². The third-order valence-electron chi connectivity index (χ3n) is 4.53. The number of primary sulfonamides is 1. The lowest BCUT2D eigenvalue weighted by Gasteiger charge is -2.21. The van der Waals surface area contributed by atoms with Gasteiger partial charge in [-0.25, -0.2) is 13.6 Å². The summed E-state index contributed by atoms with van der Waals surface area (Å²) in [7, 11) is -3.96. The predicted molar refractivity (Wildman–Crippen MR) is 114 cm³/mol. The van der Waals surface area contributed by atoms with Crippen LogP contribution in [0, 0.1) is 0 Å². The van der Waals surface area contributed by atoms with Crippen molar-refractivity contribution in [2.24, 2.45) is 5.14 Å². The highest BCUT2D eigenvalue weighted by molar-refractivity contribution is 7.89. The van der Waals surface area contributed by atoms with E-state index in [1.165, 1.54) is 0 Å². The molecule has 0 unspecified atom stereocenters. The van der Waals surface area contributed by atoms with Crippen LogP contribution in [0.1, 0.15) is 39.2 Å². The molecule has 0 radical (unpaired) electrons. The van der Waals surface area contributed by atoms with Crippen molar-refractivity contribution in [1.29, 1.82) is 0 Å². The molecule has 154 valence electrons. The van der Waals surface area contributed by atoms with Crippen molar-refractivity contribution in [1.82, 2.24) is 4.90 Å². The van der Waals surface area contributed by atoms with Crippen LogP contribution in [-0.4, -0.2) is 33.0 Å². The summed E-state index contributed by atoms with van der Waals surface area (Å²) in [6.45, 7) is 9.39. The Balaban J connectivity index is 2.54. The Morgan fingerprint density at radius 1 is 1.07 bits per heavy atom. The van der Waals surface area contributed by atoms with E-state index in [0.717, 1.165) is 38.0 Å². The van der Waals surface area contributed by atoms with Gasteiger partial charge in [0.2, 0.25) is 10.0 Å². The van der Waals surface area contributed by atoms with Crippen LogP contribution in [-0.2, 0) is 16.6 Å². The number of sulfonamides is 1. The Bertz CT molecular complexity index is 851. The number of rotatable bonds is 11. The molecule has 0 atom stereocenters. The van der Waals surface area contributed by atoms with Crippen molar-refractivity contribution in [3.05, 3.63) is 48.0 Å². The lowest BCUT2D eigenvalue weighted by atomic mass is 10.1. The van der Waals surface area contributed by atoms with E-state index < -0.39 is 10.0 Å². The fraction of sp³-hybridized carbons (Fsp3) is 0.429. The molecule has 0 aliphatic heterocycles. The SMILES string of the molecule is CCCCNc1cc(CN(CC)CC)cc(S(N)(=O)=O)c1Oc1ccccc1. The van der Waals surface area contributed by atoms with Gasteiger partial charge in [0.15, 0.2) is 5.75 Å². The highest BCUT2D eigenvalue weighted by Crippen LogP contribution is 2.37. The van der Waals surface area contributed by atoms with Crippen LogP contribution >= 0.6 is 0 Å². The van der Waals surface area contributed by atoms with Crippen LogP contribution in [0.15, 0.2) is 47.4 Å². The fourth-order valence-corrected chi connectivity index (χ4v) is 3.64. The molecule has 0 bridgehead atoms. The quantitative estimate of drug-likeness (QED) is 0.548. The van der Waals surface area contributed by atoms with E-state index in [0.29, 0.717) is 18.0 Å². The Labute approximate surface area is 168 Å². The number of nitrogens with two attached hydrogens (primary N) is 1. The minimum atomic E-state index is -3.96. The van der Waals surface area contributed by atoms with Gasteiger partial charge >= 0.3 is 0 Å². The van der Waals surface area contributed by atoms with Gasteiger partial charge in [0, 0.05) is 13.1 Å². The Hall–Kier alpha value is -2.09. The van der Waals surface area contributed by atoms with Gasteiger partial charge < -0.3 is 10.1 Å². The van der Waals surface area contributed by atoms with Gasteiger partial charge in [-0.3, -0.25) is 4.90 Å². The average Bonchev–Trinajstić information content (AvgIpc) is 2.67. The van der Waals surface area contributed by atoms with E-state index in [9.17, 15) is 8.42 Å². The number of benzene rings is 2. The largest absolute Gasteiger partial charge is 0.454 e. The molecule has 0 saturated carbocycles. The zero-order valence-corrected chi connectivity index (χ0v) is 17.8. The van der Waals surface area contributed by atoms with Crippen LogP contribution in [0.3, 0.4) is 0 Å². The number of anilines is 1. The summed E-state index contributed by atoms with van der Waals surface area (Å²) in [6.07, 6.45) is 2.00. The number of hydrogen-bond acceptors (Lipinski definition) is 5. The third-order valence-corrected chi connectivity index (χ3v) is 5.45. The van der Waals surface area contributed by atoms with Gasteiger partial charge in [0.05, 0.1) is 5.69 Å². The summed E-state index contributed by atoms with van der Waals surface area (Å²) in [5.74, 6) is 0.801. The Morgan fingerprint density at radius 3 is 2.32 bits per heavy atom. The highest BCUT2D eigenvalue weighted by atomic mass is 32.2. The van der Waals surface area contributed by atoms with Crippen molar-refractivity contribution in [3.63, 3.8) is 0 Å². The molecule has 6 nitrogen and oxygen atoms in total. The second kappa shape index (κ2) is 10.5.